The lowest BCUT2D eigenvalue weighted by atomic mass is 9.76. The number of aromatic nitrogens is 1. The van der Waals surface area contributed by atoms with Gasteiger partial charge in [0.15, 0.2) is 0 Å². The van der Waals surface area contributed by atoms with Crippen LogP contribution in [0.25, 0.3) is 10.2 Å². The fraction of sp³-hybridized carbons (Fsp3) is 0.533. The Morgan fingerprint density at radius 2 is 2.06 bits per heavy atom. The first-order valence-electron chi connectivity index (χ1n) is 6.57. The summed E-state index contributed by atoms with van der Waals surface area (Å²) in [6.07, 6.45) is 3.82. The van der Waals surface area contributed by atoms with E-state index >= 15 is 0 Å². The molecule has 0 spiro atoms. The van der Waals surface area contributed by atoms with Crippen LogP contribution < -0.4 is 0 Å². The molecule has 1 N–H and O–H groups in total. The van der Waals surface area contributed by atoms with Crippen LogP contribution in [0.3, 0.4) is 0 Å². The monoisotopic (exact) mass is 261 g/mol. The Bertz CT molecular complexity index is 542. The quantitative estimate of drug-likeness (QED) is 0.892. The summed E-state index contributed by atoms with van der Waals surface area (Å²) >= 11 is 1.71. The summed E-state index contributed by atoms with van der Waals surface area (Å²) in [6.45, 7) is 4.35. The van der Waals surface area contributed by atoms with E-state index in [9.17, 15) is 5.11 Å². The first-order chi connectivity index (χ1) is 8.50. The summed E-state index contributed by atoms with van der Waals surface area (Å²) in [4.78, 5) is 4.65. The highest BCUT2D eigenvalue weighted by molar-refractivity contribution is 7.18. The van der Waals surface area contributed by atoms with Crippen molar-refractivity contribution in [2.45, 2.75) is 45.1 Å². The zero-order valence-corrected chi connectivity index (χ0v) is 11.8. The highest BCUT2D eigenvalue weighted by atomic mass is 32.1. The molecule has 1 aliphatic carbocycles. The van der Waals surface area contributed by atoms with Crippen LogP contribution in [0.4, 0.5) is 0 Å². The number of thiazole rings is 1. The minimum atomic E-state index is -0.582. The number of benzene rings is 1. The average molecular weight is 261 g/mol. The molecule has 1 fully saturated rings. The zero-order chi connectivity index (χ0) is 12.8. The fourth-order valence-corrected chi connectivity index (χ4v) is 4.04. The number of nitrogens with zero attached hydrogens (tertiary/aromatic N) is 1. The molecule has 0 radical (unpaired) electrons. The Kier molecular flexibility index (Phi) is 2.72. The van der Waals surface area contributed by atoms with Gasteiger partial charge in [0.05, 0.1) is 20.8 Å². The van der Waals surface area contributed by atoms with E-state index in [1.54, 1.807) is 11.3 Å². The smallest absolute Gasteiger partial charge is 0.0967 e. The predicted octanol–water partition coefficient (Wildman–Crippen LogP) is 3.78. The number of para-hydroxylation sites is 1. The summed E-state index contributed by atoms with van der Waals surface area (Å²) in [5.74, 6) is 0. The van der Waals surface area contributed by atoms with Gasteiger partial charge in [-0.3, -0.25) is 0 Å². The second-order valence-corrected chi connectivity index (χ2v) is 7.14. The SMILES string of the molecule is CC1(C)CCCC1(O)Cc1nc2ccccc2s1. The topological polar surface area (TPSA) is 33.1 Å². The van der Waals surface area contributed by atoms with Gasteiger partial charge < -0.3 is 5.11 Å². The van der Waals surface area contributed by atoms with Crippen molar-refractivity contribution in [1.82, 2.24) is 4.98 Å². The van der Waals surface area contributed by atoms with Crippen molar-refractivity contribution in [3.63, 3.8) is 0 Å². The summed E-state index contributed by atoms with van der Waals surface area (Å²) in [5.41, 5.74) is 0.475. The first kappa shape index (κ1) is 12.1. The van der Waals surface area contributed by atoms with Crippen LogP contribution in [0.1, 0.15) is 38.1 Å². The molecule has 1 heterocycles. The van der Waals surface area contributed by atoms with Gasteiger partial charge in [0, 0.05) is 6.42 Å². The average Bonchev–Trinajstić information content (AvgIpc) is 2.80. The van der Waals surface area contributed by atoms with Crippen molar-refractivity contribution < 1.29 is 5.11 Å². The molecule has 0 amide bonds. The number of hydrogen-bond donors (Lipinski definition) is 1. The van der Waals surface area contributed by atoms with Crippen LogP contribution >= 0.6 is 11.3 Å². The molecular formula is C15H19NOS. The van der Waals surface area contributed by atoms with E-state index in [2.05, 4.69) is 24.9 Å². The number of fused-ring (bicyclic) bond motifs is 1. The Balaban J connectivity index is 1.92. The molecular weight excluding hydrogens is 242 g/mol. The van der Waals surface area contributed by atoms with Crippen LogP contribution in [0.2, 0.25) is 0 Å². The van der Waals surface area contributed by atoms with E-state index in [0.717, 1.165) is 29.8 Å². The second-order valence-electron chi connectivity index (χ2n) is 6.02. The van der Waals surface area contributed by atoms with Crippen LogP contribution in [0.15, 0.2) is 24.3 Å². The normalized spacial score (nSPS) is 26.8. The third-order valence-electron chi connectivity index (χ3n) is 4.43. The molecule has 3 rings (SSSR count). The van der Waals surface area contributed by atoms with Crippen molar-refractivity contribution in [1.29, 1.82) is 0 Å². The Morgan fingerprint density at radius 1 is 1.28 bits per heavy atom. The summed E-state index contributed by atoms with van der Waals surface area (Å²) < 4.78 is 1.21. The van der Waals surface area contributed by atoms with Gasteiger partial charge in [0.2, 0.25) is 0 Å². The number of hydrogen-bond acceptors (Lipinski definition) is 3. The molecule has 1 aromatic heterocycles. The van der Waals surface area contributed by atoms with E-state index in [1.807, 2.05) is 18.2 Å². The molecule has 2 aromatic rings. The largest absolute Gasteiger partial charge is 0.389 e. The fourth-order valence-electron chi connectivity index (χ4n) is 2.97. The molecule has 2 nitrogen and oxygen atoms in total. The maximum atomic E-state index is 10.9. The minimum Gasteiger partial charge on any atom is -0.389 e. The molecule has 0 bridgehead atoms. The van der Waals surface area contributed by atoms with Gasteiger partial charge in [-0.05, 0) is 36.8 Å². The van der Waals surface area contributed by atoms with E-state index < -0.39 is 5.60 Å². The van der Waals surface area contributed by atoms with Crippen LogP contribution in [-0.4, -0.2) is 15.7 Å². The lowest BCUT2D eigenvalue weighted by Crippen LogP contribution is -2.41. The molecule has 1 aromatic carbocycles. The lowest BCUT2D eigenvalue weighted by Gasteiger charge is -2.36. The van der Waals surface area contributed by atoms with Crippen molar-refractivity contribution in [2.24, 2.45) is 5.41 Å². The number of rotatable bonds is 2. The zero-order valence-electron chi connectivity index (χ0n) is 10.9. The summed E-state index contributed by atoms with van der Waals surface area (Å²) in [6, 6.07) is 8.19. The predicted molar refractivity (Wildman–Crippen MR) is 75.9 cm³/mol. The molecule has 1 saturated carbocycles. The minimum absolute atomic E-state index is 0.00482. The molecule has 3 heteroatoms. The van der Waals surface area contributed by atoms with Crippen molar-refractivity contribution in [2.75, 3.05) is 0 Å². The van der Waals surface area contributed by atoms with E-state index in [4.69, 9.17) is 0 Å². The third kappa shape index (κ3) is 1.86. The first-order valence-corrected chi connectivity index (χ1v) is 7.39. The van der Waals surface area contributed by atoms with Crippen molar-refractivity contribution in [3.05, 3.63) is 29.3 Å². The Labute approximate surface area is 112 Å². The van der Waals surface area contributed by atoms with Gasteiger partial charge in [-0.1, -0.05) is 26.0 Å². The molecule has 18 heavy (non-hydrogen) atoms. The van der Waals surface area contributed by atoms with Gasteiger partial charge >= 0.3 is 0 Å². The molecule has 1 atom stereocenters. The molecule has 1 aliphatic rings. The van der Waals surface area contributed by atoms with Gasteiger partial charge in [-0.2, -0.15) is 0 Å². The molecule has 1 unspecified atom stereocenters. The standard InChI is InChI=1S/C15H19NOS/c1-14(2)8-5-9-15(14,17)10-13-16-11-6-3-4-7-12(11)18-13/h3-4,6-7,17H,5,8-10H2,1-2H3. The van der Waals surface area contributed by atoms with Gasteiger partial charge in [0.25, 0.3) is 0 Å². The van der Waals surface area contributed by atoms with E-state index in [-0.39, 0.29) is 5.41 Å². The molecule has 0 aliphatic heterocycles. The third-order valence-corrected chi connectivity index (χ3v) is 5.47. The van der Waals surface area contributed by atoms with E-state index in [1.165, 1.54) is 4.70 Å². The highest BCUT2D eigenvalue weighted by Crippen LogP contribution is 2.48. The number of aliphatic hydroxyl groups is 1. The van der Waals surface area contributed by atoms with Gasteiger partial charge in [-0.15, -0.1) is 11.3 Å². The second kappa shape index (κ2) is 4.04. The summed E-state index contributed by atoms with van der Waals surface area (Å²) in [5, 5.41) is 11.9. The van der Waals surface area contributed by atoms with Crippen LogP contribution in [0.5, 0.6) is 0 Å². The van der Waals surface area contributed by atoms with Crippen LogP contribution in [0, 0.1) is 5.41 Å². The van der Waals surface area contributed by atoms with E-state index in [0.29, 0.717) is 6.42 Å². The Morgan fingerprint density at radius 3 is 2.72 bits per heavy atom. The van der Waals surface area contributed by atoms with Gasteiger partial charge in [-0.25, -0.2) is 4.98 Å². The summed E-state index contributed by atoms with van der Waals surface area (Å²) in [7, 11) is 0. The van der Waals surface area contributed by atoms with Gasteiger partial charge in [0.1, 0.15) is 0 Å². The Hall–Kier alpha value is -0.930. The maximum absolute atomic E-state index is 10.9. The maximum Gasteiger partial charge on any atom is 0.0967 e. The molecule has 96 valence electrons. The molecule has 0 saturated heterocycles. The van der Waals surface area contributed by atoms with Crippen molar-refractivity contribution >= 4 is 21.6 Å². The van der Waals surface area contributed by atoms with Crippen molar-refractivity contribution in [3.8, 4) is 0 Å². The van der Waals surface area contributed by atoms with Crippen LogP contribution in [-0.2, 0) is 6.42 Å². The lowest BCUT2D eigenvalue weighted by molar-refractivity contribution is -0.0419. The highest BCUT2D eigenvalue weighted by Gasteiger charge is 2.47.